The zero-order valence-corrected chi connectivity index (χ0v) is 7.33. The van der Waals surface area contributed by atoms with E-state index in [0.717, 1.165) is 13.1 Å². The van der Waals surface area contributed by atoms with Crippen molar-refractivity contribution in [1.29, 1.82) is 0 Å². The maximum absolute atomic E-state index is 3.20. The van der Waals surface area contributed by atoms with E-state index in [1.807, 2.05) is 0 Å². The highest BCUT2D eigenvalue weighted by Crippen LogP contribution is 1.65. The molecule has 0 atom stereocenters. The van der Waals surface area contributed by atoms with Crippen LogP contribution in [0.2, 0.25) is 0 Å². The van der Waals surface area contributed by atoms with Gasteiger partial charge in [-0.1, -0.05) is 34.1 Å². The Morgan fingerprint density at radius 3 is 1.56 bits per heavy atom. The summed E-state index contributed by atoms with van der Waals surface area (Å²) in [7, 11) is 0. The van der Waals surface area contributed by atoms with Crippen LogP contribution in [0.25, 0.3) is 0 Å². The third-order valence-corrected chi connectivity index (χ3v) is 0.677. The van der Waals surface area contributed by atoms with Gasteiger partial charge in [0, 0.05) is 0 Å². The Morgan fingerprint density at radius 1 is 1.00 bits per heavy atom. The van der Waals surface area contributed by atoms with E-state index in [1.54, 1.807) is 0 Å². The Bertz CT molecular complexity index is 23.7. The van der Waals surface area contributed by atoms with Crippen molar-refractivity contribution in [3.8, 4) is 0 Å². The second-order valence-electron chi connectivity index (χ2n) is 2.06. The molecule has 0 amide bonds. The van der Waals surface area contributed by atoms with Crippen molar-refractivity contribution in [2.45, 2.75) is 40.5 Å². The molecular weight excluding hydrogens is 110 g/mol. The molecule has 0 aromatic heterocycles. The Hall–Kier alpha value is -0.0400. The first-order valence-electron chi connectivity index (χ1n) is 4.04. The average Bonchev–Trinajstić information content (AvgIpc) is 1.86. The number of hydrogen-bond acceptors (Lipinski definition) is 1. The Balaban J connectivity index is 0. The molecular formula is C8H21N. The predicted octanol–water partition coefficient (Wildman–Crippen LogP) is 2.42. The van der Waals surface area contributed by atoms with Gasteiger partial charge in [0.25, 0.3) is 0 Å². The first-order valence-corrected chi connectivity index (χ1v) is 4.04. The van der Waals surface area contributed by atoms with Gasteiger partial charge in [0.2, 0.25) is 0 Å². The van der Waals surface area contributed by atoms with Gasteiger partial charge in [0.05, 0.1) is 0 Å². The molecule has 0 saturated heterocycles. The first-order chi connectivity index (χ1) is 4.33. The smallest absolute Gasteiger partial charge is 0.00517 e. The molecule has 58 valence electrons. The Kier molecular flexibility index (Phi) is 20.4. The van der Waals surface area contributed by atoms with Crippen molar-refractivity contribution in [2.75, 3.05) is 13.1 Å². The molecule has 1 nitrogen and oxygen atoms in total. The lowest BCUT2D eigenvalue weighted by atomic mass is 10.5. The molecule has 0 saturated carbocycles. The topological polar surface area (TPSA) is 12.0 Å². The number of rotatable bonds is 3. The van der Waals surface area contributed by atoms with Gasteiger partial charge in [0.1, 0.15) is 0 Å². The van der Waals surface area contributed by atoms with Crippen LogP contribution < -0.4 is 5.32 Å². The molecule has 1 N–H and O–H groups in total. The highest BCUT2D eigenvalue weighted by atomic mass is 14.8. The van der Waals surface area contributed by atoms with Crippen LogP contribution in [-0.4, -0.2) is 13.1 Å². The van der Waals surface area contributed by atoms with Gasteiger partial charge in [-0.15, -0.1) is 0 Å². The van der Waals surface area contributed by atoms with E-state index in [-0.39, 0.29) is 0 Å². The van der Waals surface area contributed by atoms with Crippen molar-refractivity contribution < 1.29 is 0 Å². The fourth-order valence-electron chi connectivity index (χ4n) is 0.354. The lowest BCUT2D eigenvalue weighted by Crippen LogP contribution is -2.12. The molecule has 0 spiro atoms. The molecule has 0 aromatic carbocycles. The van der Waals surface area contributed by atoms with Gasteiger partial charge in [-0.25, -0.2) is 0 Å². The number of nitrogens with one attached hydrogen (secondary N) is 1. The highest BCUT2D eigenvalue weighted by molar-refractivity contribution is 4.35. The van der Waals surface area contributed by atoms with E-state index < -0.39 is 0 Å². The maximum atomic E-state index is 3.20. The Labute approximate surface area is 59.8 Å². The molecule has 1 heteroatoms. The molecule has 0 fully saturated rings. The van der Waals surface area contributed by atoms with Crippen LogP contribution in [0.4, 0.5) is 0 Å². The zero-order valence-electron chi connectivity index (χ0n) is 7.33. The molecule has 0 bridgehead atoms. The van der Waals surface area contributed by atoms with Crippen molar-refractivity contribution in [3.05, 3.63) is 0 Å². The Morgan fingerprint density at radius 2 is 1.44 bits per heavy atom. The van der Waals surface area contributed by atoms with Gasteiger partial charge in [-0.3, -0.25) is 0 Å². The monoisotopic (exact) mass is 131 g/mol. The van der Waals surface area contributed by atoms with E-state index in [0.29, 0.717) is 0 Å². The van der Waals surface area contributed by atoms with Crippen molar-refractivity contribution in [3.63, 3.8) is 0 Å². The maximum Gasteiger partial charge on any atom is -0.00517 e. The van der Waals surface area contributed by atoms with Gasteiger partial charge in [-0.05, 0) is 19.5 Å². The first kappa shape index (κ1) is 11.7. The largest absolute Gasteiger partial charge is 0.317 e. The van der Waals surface area contributed by atoms with E-state index in [9.17, 15) is 0 Å². The molecule has 0 unspecified atom stereocenters. The zero-order chi connectivity index (χ0) is 7.54. The van der Waals surface area contributed by atoms with Crippen LogP contribution in [0, 0.1) is 0 Å². The minimum atomic E-state index is 1.10. The summed E-state index contributed by atoms with van der Waals surface area (Å²) in [5.74, 6) is 0. The summed E-state index contributed by atoms with van der Waals surface area (Å²) in [4.78, 5) is 0. The summed E-state index contributed by atoms with van der Waals surface area (Å²) in [5, 5.41) is 3.20. The van der Waals surface area contributed by atoms with Crippen LogP contribution in [0.15, 0.2) is 0 Å². The highest BCUT2D eigenvalue weighted by Gasteiger charge is 1.71. The second-order valence-corrected chi connectivity index (χ2v) is 2.06. The van der Waals surface area contributed by atoms with Crippen molar-refractivity contribution >= 4 is 0 Å². The van der Waals surface area contributed by atoms with E-state index in [2.05, 4.69) is 33.0 Å². The molecule has 0 heterocycles. The second kappa shape index (κ2) is 15.7. The summed E-state index contributed by atoms with van der Waals surface area (Å²) in [6, 6.07) is 0. The van der Waals surface area contributed by atoms with E-state index in [1.165, 1.54) is 12.8 Å². The average molecular weight is 131 g/mol. The van der Waals surface area contributed by atoms with Crippen molar-refractivity contribution in [1.82, 2.24) is 5.32 Å². The van der Waals surface area contributed by atoms with E-state index >= 15 is 0 Å². The summed E-state index contributed by atoms with van der Waals surface area (Å²) < 4.78 is 0. The van der Waals surface area contributed by atoms with Gasteiger partial charge < -0.3 is 5.32 Å². The minimum Gasteiger partial charge on any atom is -0.317 e. The molecule has 0 aliphatic rings. The van der Waals surface area contributed by atoms with Gasteiger partial charge in [-0.2, -0.15) is 0 Å². The molecule has 0 aliphatic carbocycles. The van der Waals surface area contributed by atoms with Crippen LogP contribution >= 0.6 is 0 Å². The normalized spacial score (nSPS) is 8.00. The molecule has 9 heavy (non-hydrogen) atoms. The summed E-state index contributed by atoms with van der Waals surface area (Å²) in [6.45, 7) is 10.8. The predicted molar refractivity (Wildman–Crippen MR) is 44.8 cm³/mol. The lowest BCUT2D eigenvalue weighted by molar-refractivity contribution is 0.703. The van der Waals surface area contributed by atoms with Gasteiger partial charge >= 0.3 is 0 Å². The fraction of sp³-hybridized carbons (Fsp3) is 1.00. The van der Waals surface area contributed by atoms with Crippen LogP contribution in [0.5, 0.6) is 0 Å². The van der Waals surface area contributed by atoms with E-state index in [4.69, 9.17) is 0 Å². The molecule has 0 aliphatic heterocycles. The minimum absolute atomic E-state index is 1.10. The summed E-state index contributed by atoms with van der Waals surface area (Å²) in [6.07, 6.45) is 2.49. The fourth-order valence-corrected chi connectivity index (χ4v) is 0.354. The van der Waals surface area contributed by atoms with Crippen molar-refractivity contribution in [2.24, 2.45) is 0 Å². The quantitative estimate of drug-likeness (QED) is 0.580. The standard InChI is InChI=1S/C5H13N.C3H8/c1-3-5-6-4-2;1-3-2/h6H,3-5H2,1-2H3;3H2,1-2H3. The molecule has 0 radical (unpaired) electrons. The lowest BCUT2D eigenvalue weighted by Gasteiger charge is -1.91. The molecule has 0 rings (SSSR count). The summed E-state index contributed by atoms with van der Waals surface area (Å²) >= 11 is 0. The van der Waals surface area contributed by atoms with Crippen LogP contribution in [-0.2, 0) is 0 Å². The third-order valence-electron chi connectivity index (χ3n) is 0.677. The molecule has 0 aromatic rings. The van der Waals surface area contributed by atoms with Crippen LogP contribution in [0.3, 0.4) is 0 Å². The van der Waals surface area contributed by atoms with Crippen LogP contribution in [0.1, 0.15) is 40.5 Å². The van der Waals surface area contributed by atoms with Gasteiger partial charge in [0.15, 0.2) is 0 Å². The third kappa shape index (κ3) is 32.3. The summed E-state index contributed by atoms with van der Waals surface area (Å²) in [5.41, 5.74) is 0. The number of hydrogen-bond donors (Lipinski definition) is 1. The SMILES string of the molecule is CCC.CCCNCC.